The molecular formula is C33H56ClNO5. The number of carbonyl (C=O) groups excluding carboxylic acids is 1. The summed E-state index contributed by atoms with van der Waals surface area (Å²) in [4.78, 5) is 14.5. The standard InChI is InChI=1S/C33H56ClNO5/c1-5-23-27-18-22(37)8-11-32(27,4)26-9-12-31(3)24(6-7-25(31)28(26)29(23)38)21(2)10-17-40-30(39)35-15-13-33(19-34,20-36)14-16-35/h21-29,36-38H,5-20H2,1-4H3/t21-,22-,23-,24-,25+,26+,27+,28?,29-,31-,32-/m1/s1. The molecule has 5 aliphatic rings. The minimum atomic E-state index is -0.264. The molecule has 5 fully saturated rings. The lowest BCUT2D eigenvalue weighted by Crippen LogP contribution is -2.62. The van der Waals surface area contributed by atoms with Gasteiger partial charge in [0.15, 0.2) is 0 Å². The quantitative estimate of drug-likeness (QED) is 0.317. The van der Waals surface area contributed by atoms with Crippen molar-refractivity contribution in [1.82, 2.24) is 4.90 Å². The molecule has 1 heterocycles. The van der Waals surface area contributed by atoms with Gasteiger partial charge in [-0.05, 0) is 116 Å². The number of aliphatic hydroxyl groups is 3. The van der Waals surface area contributed by atoms with E-state index < -0.39 is 0 Å². The highest BCUT2D eigenvalue weighted by atomic mass is 35.5. The van der Waals surface area contributed by atoms with Crippen LogP contribution in [0.4, 0.5) is 4.79 Å². The molecule has 6 nitrogen and oxygen atoms in total. The molecule has 3 N–H and O–H groups in total. The molecule has 0 aromatic rings. The zero-order chi connectivity index (χ0) is 28.9. The highest BCUT2D eigenvalue weighted by Gasteiger charge is 2.64. The first kappa shape index (κ1) is 30.9. The number of likely N-dealkylation sites (tertiary alicyclic amines) is 1. The average molecular weight is 582 g/mol. The third kappa shape index (κ3) is 5.13. The van der Waals surface area contributed by atoms with Crippen LogP contribution in [0.3, 0.4) is 0 Å². The first-order valence-corrected chi connectivity index (χ1v) is 17.0. The summed E-state index contributed by atoms with van der Waals surface area (Å²) in [6.07, 6.45) is 10.3. The molecule has 1 aliphatic heterocycles. The predicted molar refractivity (Wildman–Crippen MR) is 158 cm³/mol. The van der Waals surface area contributed by atoms with Gasteiger partial charge < -0.3 is 25.0 Å². The van der Waals surface area contributed by atoms with Crippen LogP contribution in [-0.2, 0) is 4.74 Å². The van der Waals surface area contributed by atoms with Crippen molar-refractivity contribution in [3.05, 3.63) is 0 Å². The normalized spacial score (nSPS) is 45.2. The van der Waals surface area contributed by atoms with Crippen molar-refractivity contribution in [3.63, 3.8) is 0 Å². The zero-order valence-corrected chi connectivity index (χ0v) is 26.2. The number of hydrogen-bond donors (Lipinski definition) is 3. The van der Waals surface area contributed by atoms with Gasteiger partial charge in [-0.2, -0.15) is 0 Å². The van der Waals surface area contributed by atoms with E-state index in [2.05, 4.69) is 27.7 Å². The van der Waals surface area contributed by atoms with Gasteiger partial charge in [-0.25, -0.2) is 4.79 Å². The third-order valence-electron chi connectivity index (χ3n) is 13.7. The molecule has 0 spiro atoms. The highest BCUT2D eigenvalue weighted by molar-refractivity contribution is 6.18. The van der Waals surface area contributed by atoms with Crippen LogP contribution in [0.25, 0.3) is 0 Å². The van der Waals surface area contributed by atoms with Crippen molar-refractivity contribution in [1.29, 1.82) is 0 Å². The SMILES string of the molecule is CC[C@H]1[C@@H](O)C2[C@@H]3CC[C@H]([C@H](C)CCOC(=O)N4CCC(CO)(CCl)CC4)[C@@]3(C)CC[C@@H]2[C@@]2(C)CC[C@@H](O)C[C@@H]12. The molecule has 0 aromatic carbocycles. The molecule has 4 saturated carbocycles. The number of hydrogen-bond acceptors (Lipinski definition) is 5. The molecule has 1 saturated heterocycles. The highest BCUT2D eigenvalue weighted by Crippen LogP contribution is 2.69. The van der Waals surface area contributed by atoms with Crippen LogP contribution >= 0.6 is 11.6 Å². The molecule has 7 heteroatoms. The average Bonchev–Trinajstić information content (AvgIpc) is 3.31. The second kappa shape index (κ2) is 11.8. The van der Waals surface area contributed by atoms with Gasteiger partial charge in [-0.15, -0.1) is 11.6 Å². The maximum atomic E-state index is 12.8. The number of carbonyl (C=O) groups is 1. The Hall–Kier alpha value is -0.560. The Morgan fingerprint density at radius 1 is 1.00 bits per heavy atom. The second-order valence-electron chi connectivity index (χ2n) is 15.3. The molecule has 11 atom stereocenters. The zero-order valence-electron chi connectivity index (χ0n) is 25.5. The van der Waals surface area contributed by atoms with Gasteiger partial charge in [0.1, 0.15) is 0 Å². The van der Waals surface area contributed by atoms with Gasteiger partial charge in [0.25, 0.3) is 0 Å². The summed E-state index contributed by atoms with van der Waals surface area (Å²) >= 11 is 6.09. The van der Waals surface area contributed by atoms with Crippen molar-refractivity contribution in [3.8, 4) is 0 Å². The molecule has 4 aliphatic carbocycles. The minimum absolute atomic E-state index is 0.0682. The number of halogens is 1. The largest absolute Gasteiger partial charge is 0.449 e. The van der Waals surface area contributed by atoms with E-state index in [1.165, 1.54) is 25.7 Å². The van der Waals surface area contributed by atoms with Crippen LogP contribution in [0, 0.1) is 57.7 Å². The summed E-state index contributed by atoms with van der Waals surface area (Å²) in [5, 5.41) is 32.2. The van der Waals surface area contributed by atoms with Gasteiger partial charge in [0.2, 0.25) is 0 Å². The molecule has 1 amide bonds. The summed E-state index contributed by atoms with van der Waals surface area (Å²) in [5.74, 6) is 3.69. The number of amides is 1. The van der Waals surface area contributed by atoms with E-state index in [1.807, 2.05) is 0 Å². The summed E-state index contributed by atoms with van der Waals surface area (Å²) in [7, 11) is 0. The monoisotopic (exact) mass is 581 g/mol. The molecule has 40 heavy (non-hydrogen) atoms. The fraction of sp³-hybridized carbons (Fsp3) is 0.970. The van der Waals surface area contributed by atoms with E-state index in [9.17, 15) is 20.1 Å². The van der Waals surface area contributed by atoms with Crippen molar-refractivity contribution < 1.29 is 24.9 Å². The Kier molecular flexibility index (Phi) is 9.15. The molecule has 1 unspecified atom stereocenters. The third-order valence-corrected chi connectivity index (χ3v) is 14.2. The number of piperidine rings is 1. The lowest BCUT2D eigenvalue weighted by molar-refractivity contribution is -0.203. The van der Waals surface area contributed by atoms with Gasteiger partial charge in [0, 0.05) is 31.0 Å². The van der Waals surface area contributed by atoms with Gasteiger partial charge in [0.05, 0.1) is 18.8 Å². The Morgan fingerprint density at radius 3 is 2.33 bits per heavy atom. The second-order valence-corrected chi connectivity index (χ2v) is 15.5. The number of nitrogens with zero attached hydrogens (tertiary/aromatic N) is 1. The van der Waals surface area contributed by atoms with E-state index in [-0.39, 0.29) is 41.2 Å². The minimum Gasteiger partial charge on any atom is -0.449 e. The van der Waals surface area contributed by atoms with Gasteiger partial charge in [-0.1, -0.05) is 34.1 Å². The number of ether oxygens (including phenoxy) is 1. The number of fused-ring (bicyclic) bond motifs is 5. The maximum absolute atomic E-state index is 12.8. The number of alkyl halides is 1. The number of aliphatic hydroxyl groups excluding tert-OH is 3. The lowest BCUT2D eigenvalue weighted by Gasteiger charge is -2.64. The summed E-state index contributed by atoms with van der Waals surface area (Å²) in [6.45, 7) is 11.3. The van der Waals surface area contributed by atoms with Crippen LogP contribution in [0.5, 0.6) is 0 Å². The van der Waals surface area contributed by atoms with Crippen LogP contribution in [0.15, 0.2) is 0 Å². The molecule has 0 radical (unpaired) electrons. The van der Waals surface area contributed by atoms with Gasteiger partial charge in [-0.3, -0.25) is 0 Å². The topological polar surface area (TPSA) is 90.2 Å². The van der Waals surface area contributed by atoms with Crippen molar-refractivity contribution in [2.24, 2.45) is 57.7 Å². The van der Waals surface area contributed by atoms with Crippen LogP contribution in [-0.4, -0.2) is 70.7 Å². The molecule has 0 bridgehead atoms. The Labute approximate surface area is 247 Å². The molecular weight excluding hydrogens is 526 g/mol. The number of rotatable bonds is 7. The van der Waals surface area contributed by atoms with E-state index in [0.717, 1.165) is 32.1 Å². The summed E-state index contributed by atoms with van der Waals surface area (Å²) in [6, 6.07) is 0. The molecule has 0 aromatic heterocycles. The van der Waals surface area contributed by atoms with Crippen molar-refractivity contribution in [2.45, 2.75) is 111 Å². The van der Waals surface area contributed by atoms with E-state index in [1.54, 1.807) is 4.90 Å². The molecule has 230 valence electrons. The van der Waals surface area contributed by atoms with E-state index >= 15 is 0 Å². The maximum Gasteiger partial charge on any atom is 0.409 e. The Bertz CT molecular complexity index is 888. The lowest BCUT2D eigenvalue weighted by atomic mass is 9.41. The van der Waals surface area contributed by atoms with Crippen molar-refractivity contribution >= 4 is 17.7 Å². The van der Waals surface area contributed by atoms with Crippen LogP contribution < -0.4 is 0 Å². The van der Waals surface area contributed by atoms with E-state index in [0.29, 0.717) is 79.8 Å². The Balaban J connectivity index is 1.20. The fourth-order valence-electron chi connectivity index (χ4n) is 11.1. The Morgan fingerprint density at radius 2 is 1.68 bits per heavy atom. The smallest absolute Gasteiger partial charge is 0.409 e. The fourth-order valence-corrected chi connectivity index (χ4v) is 11.4. The van der Waals surface area contributed by atoms with Crippen LogP contribution in [0.2, 0.25) is 0 Å². The summed E-state index contributed by atoms with van der Waals surface area (Å²) < 4.78 is 5.76. The first-order valence-electron chi connectivity index (χ1n) is 16.5. The predicted octanol–water partition coefficient (Wildman–Crippen LogP) is 6.09. The molecule has 5 rings (SSSR count). The van der Waals surface area contributed by atoms with E-state index in [4.69, 9.17) is 16.3 Å². The van der Waals surface area contributed by atoms with Crippen molar-refractivity contribution in [2.75, 3.05) is 32.2 Å². The van der Waals surface area contributed by atoms with Gasteiger partial charge >= 0.3 is 6.09 Å². The first-order chi connectivity index (χ1) is 19.0. The van der Waals surface area contributed by atoms with Crippen LogP contribution in [0.1, 0.15) is 98.3 Å². The summed E-state index contributed by atoms with van der Waals surface area (Å²) in [5.41, 5.74) is 0.196.